The fourth-order valence-electron chi connectivity index (χ4n) is 4.22. The van der Waals surface area contributed by atoms with E-state index in [9.17, 15) is 9.59 Å². The molecular formula is C23H25N3O3. The van der Waals surface area contributed by atoms with Gasteiger partial charge in [0.15, 0.2) is 0 Å². The molecule has 2 aliphatic rings. The topological polar surface area (TPSA) is 58.7 Å². The Morgan fingerprint density at radius 2 is 1.72 bits per heavy atom. The molecule has 1 aliphatic carbocycles. The van der Waals surface area contributed by atoms with Crippen LogP contribution in [0, 0.1) is 6.92 Å². The van der Waals surface area contributed by atoms with Crippen LogP contribution >= 0.6 is 0 Å². The van der Waals surface area contributed by atoms with Gasteiger partial charge in [-0.05, 0) is 62.6 Å². The highest BCUT2D eigenvalue weighted by Gasteiger charge is 2.30. The average Bonchev–Trinajstić information content (AvgIpc) is 3.40. The molecule has 0 spiro atoms. The van der Waals surface area contributed by atoms with Gasteiger partial charge in [0.05, 0.1) is 0 Å². The van der Waals surface area contributed by atoms with Crippen LogP contribution in [0.15, 0.2) is 47.0 Å². The Morgan fingerprint density at radius 3 is 2.48 bits per heavy atom. The standard InChI is InChI=1S/C23H25N3O3/c1-16-14-18-15-17(5-8-21(18)29-16)22(27)24-9-3-10-25(13-12-24)23(28)20-4-2-11-26(20)19-6-7-19/h2,4-5,8,11,14-15,19H,3,6-7,9-10,12-13H2,1H3. The van der Waals surface area contributed by atoms with Gasteiger partial charge in [0.2, 0.25) is 0 Å². The molecule has 150 valence electrons. The molecule has 2 fully saturated rings. The SMILES string of the molecule is Cc1cc2cc(C(=O)N3CCCN(C(=O)c4cccn4C4CC4)CC3)ccc2o1. The third-order valence-electron chi connectivity index (χ3n) is 5.90. The van der Waals surface area contributed by atoms with Crippen molar-refractivity contribution in [2.75, 3.05) is 26.2 Å². The van der Waals surface area contributed by atoms with Gasteiger partial charge >= 0.3 is 0 Å². The fraction of sp³-hybridized carbons (Fsp3) is 0.391. The molecule has 2 aromatic heterocycles. The van der Waals surface area contributed by atoms with Gasteiger partial charge in [-0.25, -0.2) is 0 Å². The first-order valence-electron chi connectivity index (χ1n) is 10.4. The second-order valence-corrected chi connectivity index (χ2v) is 8.08. The molecule has 0 bridgehead atoms. The molecule has 6 nitrogen and oxygen atoms in total. The quantitative estimate of drug-likeness (QED) is 0.681. The molecule has 1 saturated heterocycles. The Hall–Kier alpha value is -3.02. The van der Waals surface area contributed by atoms with E-state index in [-0.39, 0.29) is 11.8 Å². The van der Waals surface area contributed by atoms with Gasteiger partial charge in [0.25, 0.3) is 11.8 Å². The van der Waals surface area contributed by atoms with E-state index in [0.29, 0.717) is 37.8 Å². The van der Waals surface area contributed by atoms with E-state index >= 15 is 0 Å². The van der Waals surface area contributed by atoms with Crippen molar-refractivity contribution in [2.45, 2.75) is 32.2 Å². The van der Waals surface area contributed by atoms with E-state index in [2.05, 4.69) is 4.57 Å². The number of nitrogens with zero attached hydrogens (tertiary/aromatic N) is 3. The third-order valence-corrected chi connectivity index (χ3v) is 5.90. The highest BCUT2D eigenvalue weighted by molar-refractivity contribution is 5.98. The van der Waals surface area contributed by atoms with Crippen molar-refractivity contribution in [1.29, 1.82) is 0 Å². The van der Waals surface area contributed by atoms with Crippen molar-refractivity contribution in [3.8, 4) is 0 Å². The first-order chi connectivity index (χ1) is 14.1. The molecule has 1 aromatic carbocycles. The Bertz CT molecular complexity index is 1080. The maximum absolute atomic E-state index is 13.1. The lowest BCUT2D eigenvalue weighted by Gasteiger charge is -2.23. The average molecular weight is 391 g/mol. The highest BCUT2D eigenvalue weighted by atomic mass is 16.3. The van der Waals surface area contributed by atoms with Crippen molar-refractivity contribution in [1.82, 2.24) is 14.4 Å². The third kappa shape index (κ3) is 3.43. The van der Waals surface area contributed by atoms with Crippen molar-refractivity contribution >= 4 is 22.8 Å². The molecule has 2 amide bonds. The van der Waals surface area contributed by atoms with Crippen LogP contribution < -0.4 is 0 Å². The van der Waals surface area contributed by atoms with Gasteiger partial charge in [0, 0.05) is 49.4 Å². The smallest absolute Gasteiger partial charge is 0.270 e. The van der Waals surface area contributed by atoms with E-state index in [1.807, 2.05) is 59.3 Å². The summed E-state index contributed by atoms with van der Waals surface area (Å²) in [7, 11) is 0. The summed E-state index contributed by atoms with van der Waals surface area (Å²) in [5.41, 5.74) is 2.24. The van der Waals surface area contributed by atoms with Gasteiger partial charge in [-0.3, -0.25) is 9.59 Å². The summed E-state index contributed by atoms with van der Waals surface area (Å²) < 4.78 is 7.71. The number of carbonyl (C=O) groups excluding carboxylic acids is 2. The van der Waals surface area contributed by atoms with Crippen LogP contribution in [0.5, 0.6) is 0 Å². The largest absolute Gasteiger partial charge is 0.461 e. The van der Waals surface area contributed by atoms with E-state index in [1.165, 1.54) is 0 Å². The molecule has 5 rings (SSSR count). The maximum atomic E-state index is 13.1. The maximum Gasteiger partial charge on any atom is 0.270 e. The predicted octanol–water partition coefficient (Wildman–Crippen LogP) is 3.87. The first kappa shape index (κ1) is 18.0. The molecule has 0 unspecified atom stereocenters. The lowest BCUT2D eigenvalue weighted by Crippen LogP contribution is -2.38. The summed E-state index contributed by atoms with van der Waals surface area (Å²) in [5.74, 6) is 0.928. The van der Waals surface area contributed by atoms with E-state index in [0.717, 1.165) is 41.7 Å². The monoisotopic (exact) mass is 391 g/mol. The van der Waals surface area contributed by atoms with Crippen LogP contribution in [0.4, 0.5) is 0 Å². The number of furan rings is 1. The number of fused-ring (bicyclic) bond motifs is 1. The van der Waals surface area contributed by atoms with Gasteiger partial charge in [-0.15, -0.1) is 0 Å². The molecule has 3 aromatic rings. The number of carbonyl (C=O) groups is 2. The number of hydrogen-bond acceptors (Lipinski definition) is 3. The number of aromatic nitrogens is 1. The Balaban J connectivity index is 1.29. The summed E-state index contributed by atoms with van der Waals surface area (Å²) in [6, 6.07) is 11.9. The molecular weight excluding hydrogens is 366 g/mol. The molecule has 0 N–H and O–H groups in total. The second kappa shape index (κ2) is 7.10. The number of hydrogen-bond donors (Lipinski definition) is 0. The number of benzene rings is 1. The normalized spacial score (nSPS) is 17.6. The molecule has 0 atom stereocenters. The highest BCUT2D eigenvalue weighted by Crippen LogP contribution is 2.36. The second-order valence-electron chi connectivity index (χ2n) is 8.08. The summed E-state index contributed by atoms with van der Waals surface area (Å²) in [6.45, 7) is 4.36. The van der Waals surface area contributed by atoms with Crippen LogP contribution in [0.25, 0.3) is 11.0 Å². The lowest BCUT2D eigenvalue weighted by atomic mass is 10.1. The zero-order chi connectivity index (χ0) is 20.0. The van der Waals surface area contributed by atoms with Gasteiger partial charge < -0.3 is 18.8 Å². The van der Waals surface area contributed by atoms with Crippen LogP contribution in [0.1, 0.15) is 51.9 Å². The fourth-order valence-corrected chi connectivity index (χ4v) is 4.22. The first-order valence-corrected chi connectivity index (χ1v) is 10.4. The number of aryl methyl sites for hydroxylation is 1. The number of amides is 2. The van der Waals surface area contributed by atoms with Crippen LogP contribution in [0.2, 0.25) is 0 Å². The van der Waals surface area contributed by atoms with Gasteiger partial charge in [-0.1, -0.05) is 0 Å². The molecule has 29 heavy (non-hydrogen) atoms. The lowest BCUT2D eigenvalue weighted by molar-refractivity contribution is 0.0713. The predicted molar refractivity (Wildman–Crippen MR) is 110 cm³/mol. The van der Waals surface area contributed by atoms with E-state index < -0.39 is 0 Å². The minimum Gasteiger partial charge on any atom is -0.461 e. The Labute approximate surface area is 169 Å². The Morgan fingerprint density at radius 1 is 0.966 bits per heavy atom. The zero-order valence-electron chi connectivity index (χ0n) is 16.6. The summed E-state index contributed by atoms with van der Waals surface area (Å²) in [6.07, 6.45) is 5.09. The minimum absolute atomic E-state index is 0.0152. The molecule has 0 radical (unpaired) electrons. The summed E-state index contributed by atoms with van der Waals surface area (Å²) in [5, 5.41) is 0.945. The van der Waals surface area contributed by atoms with Crippen molar-refractivity contribution in [2.24, 2.45) is 0 Å². The van der Waals surface area contributed by atoms with Crippen molar-refractivity contribution in [3.05, 3.63) is 59.6 Å². The zero-order valence-corrected chi connectivity index (χ0v) is 16.6. The van der Waals surface area contributed by atoms with E-state index in [4.69, 9.17) is 4.42 Å². The van der Waals surface area contributed by atoms with Crippen molar-refractivity contribution in [3.63, 3.8) is 0 Å². The van der Waals surface area contributed by atoms with E-state index in [1.54, 1.807) is 0 Å². The summed E-state index contributed by atoms with van der Waals surface area (Å²) in [4.78, 5) is 29.9. The van der Waals surface area contributed by atoms with Crippen LogP contribution in [-0.4, -0.2) is 52.4 Å². The van der Waals surface area contributed by atoms with Gasteiger partial charge in [-0.2, -0.15) is 0 Å². The number of rotatable bonds is 3. The van der Waals surface area contributed by atoms with Crippen LogP contribution in [-0.2, 0) is 0 Å². The summed E-state index contributed by atoms with van der Waals surface area (Å²) >= 11 is 0. The molecule has 6 heteroatoms. The van der Waals surface area contributed by atoms with Gasteiger partial charge in [0.1, 0.15) is 17.0 Å². The van der Waals surface area contributed by atoms with Crippen LogP contribution in [0.3, 0.4) is 0 Å². The molecule has 3 heterocycles. The minimum atomic E-state index is 0.0152. The Kier molecular flexibility index (Phi) is 4.42. The molecule has 1 saturated carbocycles. The molecule has 1 aliphatic heterocycles. The van der Waals surface area contributed by atoms with Crippen molar-refractivity contribution < 1.29 is 14.0 Å².